The lowest BCUT2D eigenvalue weighted by Crippen LogP contribution is -2.23. The molecule has 0 aliphatic carbocycles. The van der Waals surface area contributed by atoms with Crippen LogP contribution in [0.2, 0.25) is 0 Å². The average molecular weight is 263 g/mol. The second kappa shape index (κ2) is 4.74. The van der Waals surface area contributed by atoms with E-state index in [1.807, 2.05) is 25.2 Å². The first-order valence-corrected chi connectivity index (χ1v) is 6.35. The first-order chi connectivity index (χ1) is 9.19. The largest absolute Gasteiger partial charge is 0.469 e. The second-order valence-corrected chi connectivity index (χ2v) is 5.07. The molecule has 0 spiro atoms. The van der Waals surface area contributed by atoms with Crippen LogP contribution in [0.4, 0.5) is 0 Å². The fourth-order valence-electron chi connectivity index (χ4n) is 2.87. The summed E-state index contributed by atoms with van der Waals surface area (Å²) in [6, 6.07) is 5.89. The quantitative estimate of drug-likeness (QED) is 0.751. The number of methoxy groups -OCH3 is 1. The number of rotatable bonds is 2. The zero-order valence-electron chi connectivity index (χ0n) is 11.1. The van der Waals surface area contributed by atoms with E-state index in [9.17, 15) is 4.79 Å². The molecule has 5 heteroatoms. The molecule has 0 unspecified atom stereocenters. The maximum atomic E-state index is 11.9. The van der Waals surface area contributed by atoms with Crippen molar-refractivity contribution in [2.75, 3.05) is 34.0 Å². The molecule has 2 aliphatic rings. The number of esters is 1. The Kier molecular flexibility index (Phi) is 3.06. The molecule has 1 aromatic rings. The zero-order valence-corrected chi connectivity index (χ0v) is 11.1. The van der Waals surface area contributed by atoms with Crippen molar-refractivity contribution in [1.29, 1.82) is 0 Å². The maximum absolute atomic E-state index is 11.9. The van der Waals surface area contributed by atoms with Crippen molar-refractivity contribution in [3.05, 3.63) is 23.8 Å². The van der Waals surface area contributed by atoms with Crippen LogP contribution in [0.15, 0.2) is 18.2 Å². The Morgan fingerprint density at radius 2 is 2.11 bits per heavy atom. The van der Waals surface area contributed by atoms with Gasteiger partial charge < -0.3 is 19.1 Å². The lowest BCUT2D eigenvalue weighted by molar-refractivity contribution is -0.145. The number of fused-ring (bicyclic) bond motifs is 1. The summed E-state index contributed by atoms with van der Waals surface area (Å²) >= 11 is 0. The van der Waals surface area contributed by atoms with Gasteiger partial charge in [-0.25, -0.2) is 0 Å². The summed E-state index contributed by atoms with van der Waals surface area (Å²) in [7, 11) is 3.46. The van der Waals surface area contributed by atoms with Crippen LogP contribution in [0, 0.1) is 5.92 Å². The van der Waals surface area contributed by atoms with Crippen molar-refractivity contribution in [3.8, 4) is 11.5 Å². The van der Waals surface area contributed by atoms with Crippen LogP contribution in [0.1, 0.15) is 11.5 Å². The fraction of sp³-hybridized carbons (Fsp3) is 0.500. The molecule has 0 aromatic heterocycles. The Morgan fingerprint density at radius 1 is 1.32 bits per heavy atom. The molecule has 2 aliphatic heterocycles. The molecule has 2 heterocycles. The number of hydrogen-bond donors (Lipinski definition) is 0. The summed E-state index contributed by atoms with van der Waals surface area (Å²) in [5.41, 5.74) is 1.10. The van der Waals surface area contributed by atoms with Gasteiger partial charge in [0, 0.05) is 19.0 Å². The first-order valence-electron chi connectivity index (χ1n) is 6.35. The first kappa shape index (κ1) is 12.3. The Labute approximate surface area is 112 Å². The highest BCUT2D eigenvalue weighted by molar-refractivity contribution is 5.74. The van der Waals surface area contributed by atoms with Crippen LogP contribution in [-0.4, -0.2) is 44.9 Å². The van der Waals surface area contributed by atoms with Gasteiger partial charge in [0.25, 0.3) is 0 Å². The fourth-order valence-corrected chi connectivity index (χ4v) is 2.87. The van der Waals surface area contributed by atoms with Gasteiger partial charge in [0.15, 0.2) is 11.5 Å². The third-order valence-electron chi connectivity index (χ3n) is 3.83. The highest BCUT2D eigenvalue weighted by Gasteiger charge is 2.38. The number of hydrogen-bond acceptors (Lipinski definition) is 5. The maximum Gasteiger partial charge on any atom is 0.310 e. The summed E-state index contributed by atoms with van der Waals surface area (Å²) in [5, 5.41) is 0. The summed E-state index contributed by atoms with van der Waals surface area (Å²) in [6.45, 7) is 1.84. The number of benzene rings is 1. The molecule has 19 heavy (non-hydrogen) atoms. The van der Waals surface area contributed by atoms with E-state index in [0.29, 0.717) is 0 Å². The summed E-state index contributed by atoms with van der Waals surface area (Å²) in [6.07, 6.45) is 0. The molecule has 3 rings (SSSR count). The van der Waals surface area contributed by atoms with Gasteiger partial charge in [-0.15, -0.1) is 0 Å². The highest BCUT2D eigenvalue weighted by Crippen LogP contribution is 2.39. The van der Waals surface area contributed by atoms with E-state index in [-0.39, 0.29) is 24.6 Å². The van der Waals surface area contributed by atoms with Crippen LogP contribution in [-0.2, 0) is 9.53 Å². The molecule has 0 N–H and O–H groups in total. The average Bonchev–Trinajstić information content (AvgIpc) is 3.02. The van der Waals surface area contributed by atoms with E-state index in [0.717, 1.165) is 30.2 Å². The number of ether oxygens (including phenoxy) is 3. The number of nitrogens with zero attached hydrogens (tertiary/aromatic N) is 1. The van der Waals surface area contributed by atoms with Gasteiger partial charge in [-0.1, -0.05) is 6.07 Å². The smallest absolute Gasteiger partial charge is 0.310 e. The predicted molar refractivity (Wildman–Crippen MR) is 68.3 cm³/mol. The molecule has 0 bridgehead atoms. The van der Waals surface area contributed by atoms with Gasteiger partial charge in [-0.05, 0) is 24.7 Å². The van der Waals surface area contributed by atoms with E-state index in [4.69, 9.17) is 14.2 Å². The van der Waals surface area contributed by atoms with Crippen molar-refractivity contribution in [2.45, 2.75) is 5.92 Å². The van der Waals surface area contributed by atoms with Gasteiger partial charge in [-0.2, -0.15) is 0 Å². The standard InChI is InChI=1S/C14H17NO4/c1-15-6-10(11(7-15)14(16)17-2)9-3-4-12-13(5-9)19-8-18-12/h3-5,10-11H,6-8H2,1-2H3/t10-,11-/m1/s1. The Hall–Kier alpha value is -1.75. The molecule has 0 radical (unpaired) electrons. The summed E-state index contributed by atoms with van der Waals surface area (Å²) in [5.74, 6) is 1.41. The number of likely N-dealkylation sites (tertiary alicyclic amines) is 1. The topological polar surface area (TPSA) is 48.0 Å². The van der Waals surface area contributed by atoms with E-state index in [1.54, 1.807) is 0 Å². The molecule has 5 nitrogen and oxygen atoms in total. The molecule has 0 amide bonds. The molecule has 1 saturated heterocycles. The van der Waals surface area contributed by atoms with Crippen molar-refractivity contribution >= 4 is 5.97 Å². The SMILES string of the molecule is COC(=O)[C@@H]1CN(C)C[C@@H]1c1ccc2c(c1)OCO2. The minimum Gasteiger partial charge on any atom is -0.469 e. The van der Waals surface area contributed by atoms with E-state index >= 15 is 0 Å². The molecular weight excluding hydrogens is 246 g/mol. The molecule has 1 aromatic carbocycles. The monoisotopic (exact) mass is 263 g/mol. The normalized spacial score (nSPS) is 25.6. The van der Waals surface area contributed by atoms with Gasteiger partial charge in [0.2, 0.25) is 6.79 Å². The van der Waals surface area contributed by atoms with Gasteiger partial charge in [0.1, 0.15) is 0 Å². The van der Waals surface area contributed by atoms with Gasteiger partial charge >= 0.3 is 5.97 Å². The van der Waals surface area contributed by atoms with E-state index in [2.05, 4.69) is 4.90 Å². The lowest BCUT2D eigenvalue weighted by Gasteiger charge is -2.17. The van der Waals surface area contributed by atoms with Crippen molar-refractivity contribution in [1.82, 2.24) is 4.90 Å². The minimum absolute atomic E-state index is 0.115. The summed E-state index contributed by atoms with van der Waals surface area (Å²) in [4.78, 5) is 14.0. The van der Waals surface area contributed by atoms with Crippen LogP contribution in [0.25, 0.3) is 0 Å². The molecule has 102 valence electrons. The van der Waals surface area contributed by atoms with E-state index in [1.165, 1.54) is 7.11 Å². The predicted octanol–water partition coefficient (Wildman–Crippen LogP) is 1.23. The lowest BCUT2D eigenvalue weighted by atomic mass is 9.89. The van der Waals surface area contributed by atoms with Crippen molar-refractivity contribution < 1.29 is 19.0 Å². The van der Waals surface area contributed by atoms with Gasteiger partial charge in [0.05, 0.1) is 13.0 Å². The zero-order chi connectivity index (χ0) is 13.4. The third-order valence-corrected chi connectivity index (χ3v) is 3.83. The highest BCUT2D eigenvalue weighted by atomic mass is 16.7. The Bertz CT molecular complexity index is 502. The Balaban J connectivity index is 1.89. The molecular formula is C14H17NO4. The van der Waals surface area contributed by atoms with Crippen molar-refractivity contribution in [3.63, 3.8) is 0 Å². The number of likely N-dealkylation sites (N-methyl/N-ethyl adjacent to an activating group) is 1. The second-order valence-electron chi connectivity index (χ2n) is 5.07. The van der Waals surface area contributed by atoms with Crippen LogP contribution in [0.3, 0.4) is 0 Å². The van der Waals surface area contributed by atoms with Gasteiger partial charge in [-0.3, -0.25) is 4.79 Å². The number of carbonyl (C=O) groups is 1. The number of carbonyl (C=O) groups excluding carboxylic acids is 1. The van der Waals surface area contributed by atoms with Crippen LogP contribution in [0.5, 0.6) is 11.5 Å². The van der Waals surface area contributed by atoms with Crippen molar-refractivity contribution in [2.24, 2.45) is 5.92 Å². The summed E-state index contributed by atoms with van der Waals surface area (Å²) < 4.78 is 15.6. The Morgan fingerprint density at radius 3 is 2.89 bits per heavy atom. The molecule has 2 atom stereocenters. The molecule has 1 fully saturated rings. The van der Waals surface area contributed by atoms with Crippen LogP contribution < -0.4 is 9.47 Å². The van der Waals surface area contributed by atoms with Crippen LogP contribution >= 0.6 is 0 Å². The minimum atomic E-state index is -0.146. The molecule has 0 saturated carbocycles. The van der Waals surface area contributed by atoms with E-state index < -0.39 is 0 Å². The third kappa shape index (κ3) is 2.14.